The first-order chi connectivity index (χ1) is 9.15. The lowest BCUT2D eigenvalue weighted by Crippen LogP contribution is -2.30. The summed E-state index contributed by atoms with van der Waals surface area (Å²) >= 11 is 0. The highest BCUT2D eigenvalue weighted by atomic mass is 16.1. The molecule has 0 saturated carbocycles. The fourth-order valence-corrected chi connectivity index (χ4v) is 2.51. The lowest BCUT2D eigenvalue weighted by Gasteiger charge is -2.29. The van der Waals surface area contributed by atoms with Crippen molar-refractivity contribution in [1.82, 2.24) is 0 Å². The van der Waals surface area contributed by atoms with Crippen molar-refractivity contribution in [2.75, 3.05) is 11.1 Å². The van der Waals surface area contributed by atoms with E-state index in [0.29, 0.717) is 11.4 Å². The molecule has 0 aromatic heterocycles. The maximum atomic E-state index is 12.2. The van der Waals surface area contributed by atoms with Crippen LogP contribution in [-0.2, 0) is 11.2 Å². The molecule has 0 aliphatic heterocycles. The summed E-state index contributed by atoms with van der Waals surface area (Å²) in [6.07, 6.45) is 0.813. The van der Waals surface area contributed by atoms with E-state index in [1.807, 2.05) is 43.3 Å². The molecule has 3 N–H and O–H groups in total. The van der Waals surface area contributed by atoms with Gasteiger partial charge in [-0.05, 0) is 42.2 Å². The van der Waals surface area contributed by atoms with Gasteiger partial charge in [-0.3, -0.25) is 4.79 Å². The highest BCUT2D eigenvalue weighted by Crippen LogP contribution is 2.36. The van der Waals surface area contributed by atoms with Gasteiger partial charge in [0, 0.05) is 0 Å². The van der Waals surface area contributed by atoms with Crippen molar-refractivity contribution in [3.8, 4) is 0 Å². The highest BCUT2D eigenvalue weighted by Gasteiger charge is 2.31. The molecule has 0 fully saturated rings. The first-order valence-corrected chi connectivity index (χ1v) is 6.40. The molecule has 1 aliphatic carbocycles. The summed E-state index contributed by atoms with van der Waals surface area (Å²) in [7, 11) is 0. The number of benzene rings is 2. The van der Waals surface area contributed by atoms with E-state index in [-0.39, 0.29) is 11.8 Å². The van der Waals surface area contributed by atoms with Crippen LogP contribution in [0.1, 0.15) is 22.6 Å². The van der Waals surface area contributed by atoms with Gasteiger partial charge < -0.3 is 11.1 Å². The summed E-state index contributed by atoms with van der Waals surface area (Å²) in [5.74, 6) is -0.0221. The van der Waals surface area contributed by atoms with Crippen molar-refractivity contribution >= 4 is 17.3 Å². The molecular weight excluding hydrogens is 236 g/mol. The smallest absolute Gasteiger partial charge is 0.232 e. The van der Waals surface area contributed by atoms with Crippen LogP contribution in [0.2, 0.25) is 0 Å². The Morgan fingerprint density at radius 3 is 2.79 bits per heavy atom. The number of amides is 1. The lowest BCUT2D eigenvalue weighted by molar-refractivity contribution is -0.118. The second kappa shape index (κ2) is 4.43. The van der Waals surface area contributed by atoms with Crippen LogP contribution < -0.4 is 11.1 Å². The third-order valence-electron chi connectivity index (χ3n) is 3.64. The van der Waals surface area contributed by atoms with E-state index in [4.69, 9.17) is 5.73 Å². The van der Waals surface area contributed by atoms with Crippen molar-refractivity contribution < 1.29 is 4.79 Å². The summed E-state index contributed by atoms with van der Waals surface area (Å²) in [4.78, 5) is 12.2. The summed E-state index contributed by atoms with van der Waals surface area (Å²) in [6.45, 7) is 1.98. The normalized spacial score (nSPS) is 16.4. The van der Waals surface area contributed by atoms with E-state index < -0.39 is 0 Å². The maximum Gasteiger partial charge on any atom is 0.232 e. The fourth-order valence-electron chi connectivity index (χ4n) is 2.51. The molecule has 0 saturated heterocycles. The van der Waals surface area contributed by atoms with Crippen LogP contribution in [-0.4, -0.2) is 5.91 Å². The number of hydrogen-bond acceptors (Lipinski definition) is 2. The predicted octanol–water partition coefficient (Wildman–Crippen LogP) is 2.86. The van der Waals surface area contributed by atoms with Gasteiger partial charge in [0.25, 0.3) is 0 Å². The average molecular weight is 252 g/mol. The van der Waals surface area contributed by atoms with Gasteiger partial charge >= 0.3 is 0 Å². The Labute approximate surface area is 112 Å². The topological polar surface area (TPSA) is 55.1 Å². The fraction of sp³-hybridized carbons (Fsp3) is 0.188. The van der Waals surface area contributed by atoms with Gasteiger partial charge in [0.1, 0.15) is 0 Å². The quantitative estimate of drug-likeness (QED) is 0.807. The molecule has 1 atom stereocenters. The number of carbonyl (C=O) groups is 1. The van der Waals surface area contributed by atoms with Gasteiger partial charge in [0.05, 0.1) is 17.3 Å². The van der Waals surface area contributed by atoms with Crippen LogP contribution in [0.3, 0.4) is 0 Å². The van der Waals surface area contributed by atoms with Crippen molar-refractivity contribution in [1.29, 1.82) is 0 Å². The SMILES string of the molecule is Cc1ccc(NC(=O)C2Cc3ccccc32)c(N)c1. The van der Waals surface area contributed by atoms with Crippen molar-refractivity contribution in [3.05, 3.63) is 59.2 Å². The zero-order valence-corrected chi connectivity index (χ0v) is 10.8. The Hall–Kier alpha value is -2.29. The van der Waals surface area contributed by atoms with Crippen LogP contribution >= 0.6 is 0 Å². The van der Waals surface area contributed by atoms with Crippen LogP contribution in [0.4, 0.5) is 11.4 Å². The summed E-state index contributed by atoms with van der Waals surface area (Å²) in [5.41, 5.74) is 10.7. The molecule has 19 heavy (non-hydrogen) atoms. The maximum absolute atomic E-state index is 12.2. The Balaban J connectivity index is 1.77. The summed E-state index contributed by atoms with van der Waals surface area (Å²) < 4.78 is 0. The van der Waals surface area contributed by atoms with Crippen molar-refractivity contribution in [2.24, 2.45) is 0 Å². The minimum atomic E-state index is -0.0445. The van der Waals surface area contributed by atoms with Crippen LogP contribution in [0.15, 0.2) is 42.5 Å². The van der Waals surface area contributed by atoms with Gasteiger partial charge in [0.15, 0.2) is 0 Å². The van der Waals surface area contributed by atoms with Crippen LogP contribution in [0, 0.1) is 6.92 Å². The molecule has 3 nitrogen and oxygen atoms in total. The molecule has 0 spiro atoms. The second-order valence-corrected chi connectivity index (χ2v) is 5.04. The number of hydrogen-bond donors (Lipinski definition) is 2. The molecule has 0 bridgehead atoms. The summed E-state index contributed by atoms with van der Waals surface area (Å²) in [6, 6.07) is 13.7. The Morgan fingerprint density at radius 2 is 2.05 bits per heavy atom. The van der Waals surface area contributed by atoms with Gasteiger partial charge in [-0.15, -0.1) is 0 Å². The van der Waals surface area contributed by atoms with E-state index >= 15 is 0 Å². The van der Waals surface area contributed by atoms with Gasteiger partial charge in [0.2, 0.25) is 5.91 Å². The van der Waals surface area contributed by atoms with Crippen molar-refractivity contribution in [3.63, 3.8) is 0 Å². The number of rotatable bonds is 2. The third-order valence-corrected chi connectivity index (χ3v) is 3.64. The largest absolute Gasteiger partial charge is 0.397 e. The minimum absolute atomic E-state index is 0.0225. The van der Waals surface area contributed by atoms with Crippen LogP contribution in [0.25, 0.3) is 0 Å². The molecule has 2 aromatic carbocycles. The molecule has 1 amide bonds. The molecule has 96 valence electrons. The highest BCUT2D eigenvalue weighted by molar-refractivity contribution is 5.99. The third kappa shape index (κ3) is 2.08. The van der Waals surface area contributed by atoms with Crippen molar-refractivity contribution in [2.45, 2.75) is 19.3 Å². The lowest BCUT2D eigenvalue weighted by atomic mass is 9.77. The zero-order chi connectivity index (χ0) is 13.4. The predicted molar refractivity (Wildman–Crippen MR) is 77.1 cm³/mol. The number of aryl methyl sites for hydroxylation is 1. The molecular formula is C16H16N2O. The summed E-state index contributed by atoms with van der Waals surface area (Å²) in [5, 5.41) is 2.92. The Bertz CT molecular complexity index is 649. The Morgan fingerprint density at radius 1 is 1.26 bits per heavy atom. The first-order valence-electron chi connectivity index (χ1n) is 6.40. The molecule has 1 unspecified atom stereocenters. The number of nitrogens with two attached hydrogens (primary N) is 1. The number of carbonyl (C=O) groups excluding carboxylic acids is 1. The van der Waals surface area contributed by atoms with E-state index in [1.54, 1.807) is 0 Å². The second-order valence-electron chi connectivity index (χ2n) is 5.04. The molecule has 1 aliphatic rings. The average Bonchev–Trinajstić information content (AvgIpc) is 2.34. The number of anilines is 2. The van der Waals surface area contributed by atoms with Crippen LogP contribution in [0.5, 0.6) is 0 Å². The molecule has 3 rings (SSSR count). The molecule has 0 radical (unpaired) electrons. The first kappa shape index (κ1) is 11.8. The van der Waals surface area contributed by atoms with E-state index in [9.17, 15) is 4.79 Å². The number of nitrogens with one attached hydrogen (secondary N) is 1. The molecule has 2 aromatic rings. The van der Waals surface area contributed by atoms with Gasteiger partial charge in [-0.1, -0.05) is 30.3 Å². The van der Waals surface area contributed by atoms with Gasteiger partial charge in [-0.25, -0.2) is 0 Å². The molecule has 3 heteroatoms. The minimum Gasteiger partial charge on any atom is -0.397 e. The van der Waals surface area contributed by atoms with Gasteiger partial charge in [-0.2, -0.15) is 0 Å². The standard InChI is InChI=1S/C16H16N2O/c1-10-6-7-15(14(17)8-10)18-16(19)13-9-11-4-2-3-5-12(11)13/h2-8,13H,9,17H2,1H3,(H,18,19). The number of fused-ring (bicyclic) bond motifs is 1. The number of nitrogen functional groups attached to an aromatic ring is 1. The van der Waals surface area contributed by atoms with E-state index in [2.05, 4.69) is 11.4 Å². The molecule has 0 heterocycles. The van der Waals surface area contributed by atoms with E-state index in [1.165, 1.54) is 5.56 Å². The zero-order valence-electron chi connectivity index (χ0n) is 10.8. The van der Waals surface area contributed by atoms with E-state index in [0.717, 1.165) is 17.5 Å². The Kier molecular flexibility index (Phi) is 2.75. The monoisotopic (exact) mass is 252 g/mol.